The van der Waals surface area contributed by atoms with Gasteiger partial charge in [-0.05, 0) is 12.1 Å². The summed E-state index contributed by atoms with van der Waals surface area (Å²) in [5.74, 6) is -1.20. The van der Waals surface area contributed by atoms with Crippen molar-refractivity contribution in [2.75, 3.05) is 5.32 Å². The van der Waals surface area contributed by atoms with Crippen molar-refractivity contribution in [1.82, 2.24) is 0 Å². The van der Waals surface area contributed by atoms with E-state index in [1.807, 2.05) is 0 Å². The Morgan fingerprint density at radius 1 is 1.47 bits per heavy atom. The van der Waals surface area contributed by atoms with Crippen molar-refractivity contribution in [3.8, 4) is 0 Å². The van der Waals surface area contributed by atoms with Crippen LogP contribution in [0.5, 0.6) is 0 Å². The highest BCUT2D eigenvalue weighted by molar-refractivity contribution is 6.53. The van der Waals surface area contributed by atoms with Gasteiger partial charge in [-0.1, -0.05) is 11.6 Å². The molecule has 6 heteroatoms. The van der Waals surface area contributed by atoms with E-state index in [2.05, 4.69) is 5.32 Å². The van der Waals surface area contributed by atoms with Gasteiger partial charge >= 0.3 is 0 Å². The molecular weight excluding hydrogens is 218 g/mol. The molecule has 5 nitrogen and oxygen atoms in total. The van der Waals surface area contributed by atoms with Crippen LogP contribution in [0.3, 0.4) is 0 Å². The van der Waals surface area contributed by atoms with Crippen LogP contribution in [0.1, 0.15) is 15.9 Å². The summed E-state index contributed by atoms with van der Waals surface area (Å²) in [6.07, 6.45) is 0. The van der Waals surface area contributed by atoms with Gasteiger partial charge in [-0.3, -0.25) is 15.0 Å². The lowest BCUT2D eigenvalue weighted by molar-refractivity contribution is -0.110. The fourth-order valence-electron chi connectivity index (χ4n) is 1.38. The van der Waals surface area contributed by atoms with Gasteiger partial charge in [0, 0.05) is 5.56 Å². The number of fused-ring (bicyclic) bond motifs is 1. The molecular formula is C9H6ClN3O2. The summed E-state index contributed by atoms with van der Waals surface area (Å²) < 4.78 is 0. The zero-order valence-corrected chi connectivity index (χ0v) is 8.18. The molecule has 1 aliphatic rings. The minimum absolute atomic E-state index is 0.108. The number of nitrogens with one attached hydrogen (secondary N) is 2. The van der Waals surface area contributed by atoms with Crippen molar-refractivity contribution < 1.29 is 9.59 Å². The van der Waals surface area contributed by atoms with Gasteiger partial charge in [-0.2, -0.15) is 0 Å². The van der Waals surface area contributed by atoms with Gasteiger partial charge in [-0.25, -0.2) is 0 Å². The predicted molar refractivity (Wildman–Crippen MR) is 55.4 cm³/mol. The summed E-state index contributed by atoms with van der Waals surface area (Å²) in [5, 5.41) is 10.1. The molecule has 76 valence electrons. The number of halogens is 1. The lowest BCUT2D eigenvalue weighted by Crippen LogP contribution is -2.13. The summed E-state index contributed by atoms with van der Waals surface area (Å²) in [6.45, 7) is 0. The smallest absolute Gasteiger partial charge is 0.274 e. The average molecular weight is 224 g/mol. The van der Waals surface area contributed by atoms with Crippen molar-refractivity contribution >= 4 is 34.8 Å². The summed E-state index contributed by atoms with van der Waals surface area (Å²) in [5.41, 5.74) is 5.78. The molecule has 1 aliphatic heterocycles. The molecule has 0 aromatic heterocycles. The Hall–Kier alpha value is -1.88. The Bertz CT molecular complexity index is 510. The van der Waals surface area contributed by atoms with E-state index >= 15 is 0 Å². The number of benzene rings is 1. The first-order valence-corrected chi connectivity index (χ1v) is 4.42. The maximum absolute atomic E-state index is 11.1. The Balaban J connectivity index is 2.65. The van der Waals surface area contributed by atoms with Crippen LogP contribution in [-0.2, 0) is 4.79 Å². The van der Waals surface area contributed by atoms with Crippen LogP contribution in [-0.4, -0.2) is 17.5 Å². The molecule has 1 aromatic carbocycles. The lowest BCUT2D eigenvalue weighted by Gasteiger charge is -2.03. The zero-order chi connectivity index (χ0) is 11.2. The van der Waals surface area contributed by atoms with E-state index in [-0.39, 0.29) is 16.3 Å². The van der Waals surface area contributed by atoms with Gasteiger partial charge < -0.3 is 11.1 Å². The highest BCUT2D eigenvalue weighted by Gasteiger charge is 2.26. The highest BCUT2D eigenvalue weighted by atomic mass is 35.5. The van der Waals surface area contributed by atoms with Crippen molar-refractivity contribution in [2.24, 2.45) is 5.73 Å². The van der Waals surface area contributed by atoms with Crippen LogP contribution in [0.4, 0.5) is 5.69 Å². The van der Waals surface area contributed by atoms with E-state index in [4.69, 9.17) is 22.7 Å². The molecule has 0 saturated carbocycles. The second-order valence-electron chi connectivity index (χ2n) is 3.07. The minimum atomic E-state index is -0.685. The monoisotopic (exact) mass is 223 g/mol. The fraction of sp³-hybridized carbons (Fsp3) is 0. The summed E-state index contributed by atoms with van der Waals surface area (Å²) in [6, 6.07) is 2.76. The molecule has 0 aliphatic carbocycles. The van der Waals surface area contributed by atoms with Crippen LogP contribution in [0.2, 0.25) is 5.02 Å². The van der Waals surface area contributed by atoms with Crippen molar-refractivity contribution in [3.05, 3.63) is 28.3 Å². The number of carbonyl (C=O) groups excluding carboxylic acids is 2. The van der Waals surface area contributed by atoms with Crippen LogP contribution < -0.4 is 11.1 Å². The van der Waals surface area contributed by atoms with Crippen LogP contribution in [0, 0.1) is 5.41 Å². The normalized spacial score (nSPS) is 13.7. The number of carbonyl (C=O) groups is 2. The standard InChI is InChI=1S/C9H6ClN3O2/c10-5-2-6-4(1-3(5)8(12)14)7(11)9(15)13-6/h1-2H,(H2,12,14)(H2,11,13,15). The summed E-state index contributed by atoms with van der Waals surface area (Å²) in [7, 11) is 0. The van der Waals surface area contributed by atoms with Gasteiger partial charge in [-0.15, -0.1) is 0 Å². The first kappa shape index (κ1) is 9.67. The predicted octanol–water partition coefficient (Wildman–Crippen LogP) is 0.759. The maximum atomic E-state index is 11.1. The van der Waals surface area contributed by atoms with E-state index in [0.717, 1.165) is 0 Å². The van der Waals surface area contributed by atoms with Crippen molar-refractivity contribution in [2.45, 2.75) is 0 Å². The van der Waals surface area contributed by atoms with Crippen molar-refractivity contribution in [3.63, 3.8) is 0 Å². The SMILES string of the molecule is N=C1C(=O)Nc2cc(Cl)c(C(N)=O)cc21. The second-order valence-corrected chi connectivity index (χ2v) is 3.48. The quantitative estimate of drug-likeness (QED) is 0.655. The molecule has 2 rings (SSSR count). The molecule has 0 fully saturated rings. The molecule has 0 saturated heterocycles. The minimum Gasteiger partial charge on any atom is -0.366 e. The third-order valence-electron chi connectivity index (χ3n) is 2.12. The second kappa shape index (κ2) is 3.06. The third kappa shape index (κ3) is 1.37. The number of rotatable bonds is 1. The van der Waals surface area contributed by atoms with Crippen LogP contribution in [0.25, 0.3) is 0 Å². The average Bonchev–Trinajstić information content (AvgIpc) is 2.41. The summed E-state index contributed by atoms with van der Waals surface area (Å²) >= 11 is 5.78. The van der Waals surface area contributed by atoms with E-state index < -0.39 is 11.8 Å². The highest BCUT2D eigenvalue weighted by Crippen LogP contribution is 2.29. The molecule has 1 heterocycles. The molecule has 15 heavy (non-hydrogen) atoms. The Labute approximate surface area is 89.7 Å². The first-order chi connectivity index (χ1) is 7.00. The molecule has 0 atom stereocenters. The largest absolute Gasteiger partial charge is 0.366 e. The van der Waals surface area contributed by atoms with Gasteiger partial charge in [0.15, 0.2) is 0 Å². The fourth-order valence-corrected chi connectivity index (χ4v) is 1.64. The first-order valence-electron chi connectivity index (χ1n) is 4.04. The molecule has 1 aromatic rings. The molecule has 2 amide bonds. The number of amides is 2. The van der Waals surface area contributed by atoms with Gasteiger partial charge in [0.1, 0.15) is 5.71 Å². The Morgan fingerprint density at radius 2 is 2.13 bits per heavy atom. The molecule has 4 N–H and O–H groups in total. The number of primary amides is 1. The molecule has 0 bridgehead atoms. The Kier molecular flexibility index (Phi) is 1.97. The Morgan fingerprint density at radius 3 is 2.73 bits per heavy atom. The summed E-state index contributed by atoms with van der Waals surface area (Å²) in [4.78, 5) is 22.1. The number of nitrogens with two attached hydrogens (primary N) is 1. The van der Waals surface area contributed by atoms with Gasteiger partial charge in [0.2, 0.25) is 5.91 Å². The molecule has 0 unspecified atom stereocenters. The number of hydrogen-bond donors (Lipinski definition) is 3. The number of hydrogen-bond acceptors (Lipinski definition) is 3. The third-order valence-corrected chi connectivity index (χ3v) is 2.43. The van der Waals surface area contributed by atoms with Gasteiger partial charge in [0.05, 0.1) is 16.3 Å². The molecule has 0 spiro atoms. The van der Waals surface area contributed by atoms with E-state index in [9.17, 15) is 9.59 Å². The van der Waals surface area contributed by atoms with E-state index in [0.29, 0.717) is 11.3 Å². The lowest BCUT2D eigenvalue weighted by atomic mass is 10.1. The van der Waals surface area contributed by atoms with E-state index in [1.165, 1.54) is 12.1 Å². The van der Waals surface area contributed by atoms with Gasteiger partial charge in [0.25, 0.3) is 5.91 Å². The zero-order valence-electron chi connectivity index (χ0n) is 7.43. The molecule has 0 radical (unpaired) electrons. The number of anilines is 1. The maximum Gasteiger partial charge on any atom is 0.274 e. The van der Waals surface area contributed by atoms with E-state index in [1.54, 1.807) is 0 Å². The van der Waals surface area contributed by atoms with Crippen LogP contribution in [0.15, 0.2) is 12.1 Å². The van der Waals surface area contributed by atoms with Crippen molar-refractivity contribution in [1.29, 1.82) is 5.41 Å². The van der Waals surface area contributed by atoms with Crippen LogP contribution >= 0.6 is 11.6 Å². The topological polar surface area (TPSA) is 96.0 Å².